The molecule has 1 aromatic carbocycles. The van der Waals surface area contributed by atoms with Crippen molar-refractivity contribution in [1.29, 1.82) is 0 Å². The van der Waals surface area contributed by atoms with Gasteiger partial charge < -0.3 is 17.3 Å². The minimum atomic E-state index is -6.00. The topological polar surface area (TPSA) is 38.0 Å². The summed E-state index contributed by atoms with van der Waals surface area (Å²) in [5.41, 5.74) is 5.72. The van der Waals surface area contributed by atoms with Gasteiger partial charge in [0.05, 0.1) is 0 Å². The lowest BCUT2D eigenvalue weighted by Gasteiger charge is -1.94. The van der Waals surface area contributed by atoms with E-state index in [1.165, 1.54) is 0 Å². The zero-order valence-corrected chi connectivity index (χ0v) is 7.56. The first-order chi connectivity index (χ1) is 6.33. The van der Waals surface area contributed by atoms with Crippen molar-refractivity contribution in [3.05, 3.63) is 29.3 Å². The average molecular weight is 228 g/mol. The lowest BCUT2D eigenvalue weighted by molar-refractivity contribution is -0.210. The minimum absolute atomic E-state index is 0.697. The van der Waals surface area contributed by atoms with Gasteiger partial charge in [0.1, 0.15) is 5.69 Å². The molecule has 8 heteroatoms. The first kappa shape index (κ1) is 12.9. The molecule has 0 bridgehead atoms. The summed E-state index contributed by atoms with van der Waals surface area (Å²) in [7, 11) is -6.00. The molecule has 0 heterocycles. The van der Waals surface area contributed by atoms with Crippen molar-refractivity contribution in [2.45, 2.75) is 0 Å². The Balaban J connectivity index is 0.000000292. The van der Waals surface area contributed by atoms with Crippen LogP contribution >= 0.6 is 11.6 Å². The van der Waals surface area contributed by atoms with Gasteiger partial charge in [-0.15, -0.1) is 0 Å². The Kier molecular flexibility index (Phi) is 5.15. The third kappa shape index (κ3) is 8.99. The van der Waals surface area contributed by atoms with Gasteiger partial charge in [0, 0.05) is 5.02 Å². The van der Waals surface area contributed by atoms with Gasteiger partial charge in [0.15, 0.2) is 0 Å². The quantitative estimate of drug-likeness (QED) is 0.436. The molecule has 0 saturated heterocycles. The van der Waals surface area contributed by atoms with Crippen molar-refractivity contribution >= 4 is 24.5 Å². The molecule has 0 fully saturated rings. The van der Waals surface area contributed by atoms with E-state index in [0.29, 0.717) is 5.02 Å². The number of hydrogen-bond donors (Lipinski definition) is 1. The first-order valence-electron chi connectivity index (χ1n) is 3.37. The Bertz CT molecular complexity index is 281. The molecule has 1 aromatic rings. The van der Waals surface area contributed by atoms with E-state index in [0.717, 1.165) is 5.69 Å². The average Bonchev–Trinajstić information content (AvgIpc) is 2.03. The van der Waals surface area contributed by atoms with Crippen LogP contribution < -0.4 is 5.53 Å². The fourth-order valence-corrected chi connectivity index (χ4v) is 0.653. The van der Waals surface area contributed by atoms with Gasteiger partial charge in [-0.05, 0) is 29.4 Å². The molecule has 0 aromatic heterocycles. The van der Waals surface area contributed by atoms with Gasteiger partial charge >= 0.3 is 7.25 Å². The highest BCUT2D eigenvalue weighted by Crippen LogP contribution is 2.14. The maximum Gasteiger partial charge on any atom is 0.673 e. The van der Waals surface area contributed by atoms with Crippen LogP contribution in [0, 0.1) is 0 Å². The van der Waals surface area contributed by atoms with Crippen molar-refractivity contribution < 1.29 is 22.8 Å². The van der Waals surface area contributed by atoms with E-state index >= 15 is 0 Å². The summed E-state index contributed by atoms with van der Waals surface area (Å²) in [6.45, 7) is 0. The number of halogens is 5. The van der Waals surface area contributed by atoms with E-state index in [4.69, 9.17) is 17.1 Å². The number of hydrogen-bond acceptors (Lipinski definition) is 1. The predicted octanol–water partition coefficient (Wildman–Crippen LogP) is 2.48. The SMILES string of the molecule is F[B-](F)(F)F.[NH2+]=Nc1ccc(Cl)cc1. The molecule has 0 radical (unpaired) electrons. The minimum Gasteiger partial charge on any atom is -0.418 e. The summed E-state index contributed by atoms with van der Waals surface area (Å²) < 4.78 is 39.0. The summed E-state index contributed by atoms with van der Waals surface area (Å²) in [5, 5.41) is 4.15. The Morgan fingerprint density at radius 1 is 1.07 bits per heavy atom. The second kappa shape index (κ2) is 5.59. The fraction of sp³-hybridized carbons (Fsp3) is 0. The summed E-state index contributed by atoms with van der Waals surface area (Å²) in [5.74, 6) is 0. The van der Waals surface area contributed by atoms with Crippen LogP contribution in [0.3, 0.4) is 0 Å². The lowest BCUT2D eigenvalue weighted by atomic mass is 10.3. The van der Waals surface area contributed by atoms with Gasteiger partial charge in [-0.3, -0.25) is 0 Å². The summed E-state index contributed by atoms with van der Waals surface area (Å²) in [4.78, 5) is 0. The van der Waals surface area contributed by atoms with Gasteiger partial charge in [-0.1, -0.05) is 11.6 Å². The van der Waals surface area contributed by atoms with Gasteiger partial charge in [0.25, 0.3) is 0 Å². The predicted molar refractivity (Wildman–Crippen MR) is 45.7 cm³/mol. The van der Waals surface area contributed by atoms with Crippen molar-refractivity contribution in [3.63, 3.8) is 0 Å². The highest BCUT2D eigenvalue weighted by Gasteiger charge is 2.20. The van der Waals surface area contributed by atoms with Crippen molar-refractivity contribution in [3.8, 4) is 0 Å². The van der Waals surface area contributed by atoms with Crippen LogP contribution in [0.1, 0.15) is 0 Å². The van der Waals surface area contributed by atoms with Crippen molar-refractivity contribution in [2.75, 3.05) is 0 Å². The second-order valence-electron chi connectivity index (χ2n) is 2.10. The van der Waals surface area contributed by atoms with Crippen molar-refractivity contribution in [1.82, 2.24) is 0 Å². The molecule has 2 nitrogen and oxygen atoms in total. The molecule has 1 rings (SSSR count). The molecule has 0 aliphatic heterocycles. The zero-order chi connectivity index (χ0) is 11.2. The molecule has 78 valence electrons. The van der Waals surface area contributed by atoms with E-state index in [2.05, 4.69) is 5.11 Å². The van der Waals surface area contributed by atoms with E-state index in [1.807, 2.05) is 0 Å². The summed E-state index contributed by atoms with van der Waals surface area (Å²) in [6.07, 6.45) is 0. The highest BCUT2D eigenvalue weighted by atomic mass is 35.5. The van der Waals surface area contributed by atoms with Gasteiger partial charge in [0.2, 0.25) is 0 Å². The van der Waals surface area contributed by atoms with Gasteiger partial charge in [-0.25, -0.2) is 0 Å². The molecule has 0 aliphatic carbocycles. The number of rotatable bonds is 1. The monoisotopic (exact) mass is 228 g/mol. The third-order valence-corrected chi connectivity index (χ3v) is 1.23. The molecule has 0 saturated carbocycles. The first-order valence-corrected chi connectivity index (χ1v) is 3.74. The number of nitrogens with two attached hydrogens (primary N) is 1. The Morgan fingerprint density at radius 3 is 1.71 bits per heavy atom. The van der Waals surface area contributed by atoms with E-state index in [1.54, 1.807) is 24.3 Å². The molecular weight excluding hydrogens is 222 g/mol. The molecule has 0 atom stereocenters. The van der Waals surface area contributed by atoms with Crippen LogP contribution in [0.5, 0.6) is 0 Å². The summed E-state index contributed by atoms with van der Waals surface area (Å²) in [6, 6.07) is 6.99. The van der Waals surface area contributed by atoms with Crippen LogP contribution in [0.2, 0.25) is 5.02 Å². The molecule has 0 amide bonds. The van der Waals surface area contributed by atoms with Crippen LogP contribution in [0.4, 0.5) is 23.0 Å². The maximum atomic E-state index is 9.75. The van der Waals surface area contributed by atoms with Crippen molar-refractivity contribution in [2.24, 2.45) is 5.11 Å². The van der Waals surface area contributed by atoms with Crippen LogP contribution in [0.15, 0.2) is 29.4 Å². The second-order valence-corrected chi connectivity index (χ2v) is 2.54. The van der Waals surface area contributed by atoms with E-state index in [-0.39, 0.29) is 0 Å². The fourth-order valence-electron chi connectivity index (χ4n) is 0.527. The normalized spacial score (nSPS) is 10.1. The molecule has 14 heavy (non-hydrogen) atoms. The molecule has 0 unspecified atom stereocenters. The number of nitrogens with zero attached hydrogens (tertiary/aromatic N) is 1. The largest absolute Gasteiger partial charge is 0.673 e. The van der Waals surface area contributed by atoms with Crippen LogP contribution in [0.25, 0.3) is 0 Å². The summed E-state index contributed by atoms with van der Waals surface area (Å²) >= 11 is 5.59. The third-order valence-electron chi connectivity index (χ3n) is 0.976. The molecule has 0 spiro atoms. The highest BCUT2D eigenvalue weighted by molar-refractivity contribution is 6.50. The lowest BCUT2D eigenvalue weighted by Crippen LogP contribution is -2.21. The Morgan fingerprint density at radius 2 is 1.43 bits per heavy atom. The number of benzene rings is 1. The maximum absolute atomic E-state index is 9.75. The molecule has 2 N–H and O–H groups in total. The Hall–Kier alpha value is -1.11. The van der Waals surface area contributed by atoms with Gasteiger partial charge in [-0.2, -0.15) is 5.53 Å². The Labute approximate surface area is 82.5 Å². The standard InChI is InChI=1S/C6H5ClN2.BF4/c7-5-1-3-6(9-8)4-2-5;2-1(3,4)5/h1-4,8H;/q;-1/p+1. The van der Waals surface area contributed by atoms with Crippen LogP contribution in [-0.2, 0) is 0 Å². The molecular formula is C6H6BClF4N2. The van der Waals surface area contributed by atoms with E-state index in [9.17, 15) is 17.3 Å². The van der Waals surface area contributed by atoms with E-state index < -0.39 is 7.25 Å². The zero-order valence-electron chi connectivity index (χ0n) is 6.80. The molecule has 0 aliphatic rings. The smallest absolute Gasteiger partial charge is 0.418 e. The van der Waals surface area contributed by atoms with Crippen LogP contribution in [-0.4, -0.2) is 7.25 Å².